The molecule has 2 N–H and O–H groups in total. The number of rotatable bonds is 2. The summed E-state index contributed by atoms with van der Waals surface area (Å²) in [6.45, 7) is -0.0281. The number of carbonyl (C=O) groups excluding carboxylic acids is 1. The number of carbonyl (C=O) groups is 1. The van der Waals surface area contributed by atoms with Crippen LogP contribution in [-0.4, -0.2) is 46.3 Å². The minimum Gasteiger partial charge on any atom is -0.393 e. The molecule has 0 spiro atoms. The fraction of sp³-hybridized carbons (Fsp3) is 0.462. The zero-order chi connectivity index (χ0) is 12.9. The van der Waals surface area contributed by atoms with Crippen molar-refractivity contribution in [1.82, 2.24) is 4.90 Å². The van der Waals surface area contributed by atoms with Gasteiger partial charge in [-0.05, 0) is 29.7 Å². The standard InChI is InChI=1S/C13H14FNO3/c14-9-2-1-8-3-11(10(8)4-9)12(17)15-5-13(18,6-15)7-16/h1-2,4,11,16,18H,3,5-7H2. The lowest BCUT2D eigenvalue weighted by Gasteiger charge is -2.47. The molecule has 0 bridgehead atoms. The smallest absolute Gasteiger partial charge is 0.230 e. The summed E-state index contributed by atoms with van der Waals surface area (Å²) in [5.41, 5.74) is 0.608. The number of aliphatic hydroxyl groups excluding tert-OH is 1. The average Bonchev–Trinajstić information content (AvgIpc) is 2.29. The normalized spacial score (nSPS) is 23.9. The monoisotopic (exact) mass is 251 g/mol. The number of β-amino-alcohol motifs (C(OH)–C–C–N with tert-alkyl or cyclic N) is 1. The van der Waals surface area contributed by atoms with Crippen molar-refractivity contribution in [2.24, 2.45) is 0 Å². The molecular weight excluding hydrogens is 237 g/mol. The number of fused-ring (bicyclic) bond motifs is 1. The van der Waals surface area contributed by atoms with Crippen molar-refractivity contribution in [1.29, 1.82) is 0 Å². The minimum absolute atomic E-state index is 0.0915. The Morgan fingerprint density at radius 1 is 1.50 bits per heavy atom. The van der Waals surface area contributed by atoms with Crippen molar-refractivity contribution >= 4 is 5.91 Å². The molecule has 1 heterocycles. The maximum Gasteiger partial charge on any atom is 0.230 e. The number of aliphatic hydroxyl groups is 2. The van der Waals surface area contributed by atoms with Gasteiger partial charge in [-0.1, -0.05) is 6.07 Å². The fourth-order valence-electron chi connectivity index (χ4n) is 2.64. The summed E-state index contributed by atoms with van der Waals surface area (Å²) in [4.78, 5) is 13.6. The van der Waals surface area contributed by atoms with Gasteiger partial charge in [0.05, 0.1) is 25.6 Å². The summed E-state index contributed by atoms with van der Waals surface area (Å²) in [6.07, 6.45) is 0.627. The molecule has 0 aromatic heterocycles. The van der Waals surface area contributed by atoms with Crippen LogP contribution in [0.3, 0.4) is 0 Å². The molecule has 1 saturated heterocycles. The molecule has 3 rings (SSSR count). The van der Waals surface area contributed by atoms with Crippen molar-refractivity contribution in [3.05, 3.63) is 35.1 Å². The predicted molar refractivity (Wildman–Crippen MR) is 61.5 cm³/mol. The maximum atomic E-state index is 13.1. The second-order valence-corrected chi connectivity index (χ2v) is 5.18. The Balaban J connectivity index is 1.70. The largest absolute Gasteiger partial charge is 0.393 e. The minimum atomic E-state index is -1.15. The Kier molecular flexibility index (Phi) is 2.43. The number of hydrogen-bond donors (Lipinski definition) is 2. The van der Waals surface area contributed by atoms with Crippen LogP contribution in [0, 0.1) is 5.82 Å². The highest BCUT2D eigenvalue weighted by Crippen LogP contribution is 2.38. The van der Waals surface area contributed by atoms with Gasteiger partial charge < -0.3 is 15.1 Å². The Morgan fingerprint density at radius 3 is 2.89 bits per heavy atom. The van der Waals surface area contributed by atoms with Crippen LogP contribution < -0.4 is 0 Å². The van der Waals surface area contributed by atoms with Crippen molar-refractivity contribution in [3.8, 4) is 0 Å². The lowest BCUT2D eigenvalue weighted by molar-refractivity contribution is -0.164. The molecule has 1 fully saturated rings. The molecule has 18 heavy (non-hydrogen) atoms. The van der Waals surface area contributed by atoms with E-state index in [1.165, 1.54) is 17.0 Å². The molecule has 1 unspecified atom stereocenters. The maximum absolute atomic E-state index is 13.1. The van der Waals surface area contributed by atoms with Crippen LogP contribution in [0.5, 0.6) is 0 Å². The van der Waals surface area contributed by atoms with E-state index >= 15 is 0 Å². The second-order valence-electron chi connectivity index (χ2n) is 5.18. The van der Waals surface area contributed by atoms with Crippen LogP contribution in [-0.2, 0) is 11.2 Å². The summed E-state index contributed by atoms with van der Waals surface area (Å²) in [5.74, 6) is -0.716. The van der Waals surface area contributed by atoms with Crippen LogP contribution >= 0.6 is 0 Å². The highest BCUT2D eigenvalue weighted by atomic mass is 19.1. The quantitative estimate of drug-likeness (QED) is 0.779. The first kappa shape index (κ1) is 11.6. The number of likely N-dealkylation sites (tertiary alicyclic amines) is 1. The van der Waals surface area contributed by atoms with Gasteiger partial charge in [-0.2, -0.15) is 0 Å². The van der Waals surface area contributed by atoms with E-state index in [4.69, 9.17) is 5.11 Å². The average molecular weight is 251 g/mol. The molecule has 2 aliphatic rings. The summed E-state index contributed by atoms with van der Waals surface area (Å²) < 4.78 is 13.1. The predicted octanol–water partition coefficient (Wildman–Crippen LogP) is 0.0310. The SMILES string of the molecule is O=C(C1Cc2ccc(F)cc21)N1CC(O)(CO)C1. The highest BCUT2D eigenvalue weighted by molar-refractivity contribution is 5.87. The molecule has 1 aromatic rings. The van der Waals surface area contributed by atoms with E-state index in [1.54, 1.807) is 6.07 Å². The molecule has 0 saturated carbocycles. The Labute approximate surface area is 104 Å². The lowest BCUT2D eigenvalue weighted by atomic mass is 9.76. The molecule has 1 aliphatic carbocycles. The van der Waals surface area contributed by atoms with E-state index in [-0.39, 0.29) is 37.3 Å². The number of benzene rings is 1. The van der Waals surface area contributed by atoms with E-state index in [0.29, 0.717) is 6.42 Å². The van der Waals surface area contributed by atoms with E-state index < -0.39 is 5.60 Å². The number of amides is 1. The zero-order valence-corrected chi connectivity index (χ0v) is 9.77. The van der Waals surface area contributed by atoms with E-state index in [2.05, 4.69) is 0 Å². The molecule has 0 radical (unpaired) electrons. The van der Waals surface area contributed by atoms with Crippen molar-refractivity contribution in [3.63, 3.8) is 0 Å². The van der Waals surface area contributed by atoms with Gasteiger partial charge in [-0.3, -0.25) is 4.79 Å². The first-order valence-corrected chi connectivity index (χ1v) is 5.93. The molecule has 1 aliphatic heterocycles. The first-order chi connectivity index (χ1) is 8.52. The summed E-state index contributed by atoms with van der Waals surface area (Å²) in [7, 11) is 0. The van der Waals surface area contributed by atoms with Crippen molar-refractivity contribution in [2.75, 3.05) is 19.7 Å². The van der Waals surface area contributed by atoms with Gasteiger partial charge in [-0.25, -0.2) is 4.39 Å². The fourth-order valence-corrected chi connectivity index (χ4v) is 2.64. The van der Waals surface area contributed by atoms with Crippen LogP contribution in [0.4, 0.5) is 4.39 Å². The summed E-state index contributed by atoms with van der Waals surface area (Å²) >= 11 is 0. The third-order valence-corrected chi connectivity index (χ3v) is 3.78. The van der Waals surface area contributed by atoms with Gasteiger partial charge in [-0.15, -0.1) is 0 Å². The van der Waals surface area contributed by atoms with Gasteiger partial charge in [0, 0.05) is 0 Å². The van der Waals surface area contributed by atoms with E-state index in [0.717, 1.165) is 11.1 Å². The molecule has 1 amide bonds. The summed E-state index contributed by atoms with van der Waals surface area (Å²) in [6, 6.07) is 4.50. The van der Waals surface area contributed by atoms with E-state index in [9.17, 15) is 14.3 Å². The first-order valence-electron chi connectivity index (χ1n) is 5.93. The molecule has 96 valence electrons. The van der Waals surface area contributed by atoms with Crippen LogP contribution in [0.15, 0.2) is 18.2 Å². The molecular formula is C13H14FNO3. The van der Waals surface area contributed by atoms with Crippen molar-refractivity contribution < 1.29 is 19.4 Å². The van der Waals surface area contributed by atoms with Gasteiger partial charge in [0.25, 0.3) is 0 Å². The van der Waals surface area contributed by atoms with Gasteiger partial charge in [0.15, 0.2) is 0 Å². The van der Waals surface area contributed by atoms with Gasteiger partial charge in [0.1, 0.15) is 11.4 Å². The molecule has 4 nitrogen and oxygen atoms in total. The van der Waals surface area contributed by atoms with Crippen LogP contribution in [0.2, 0.25) is 0 Å². The number of halogens is 1. The lowest BCUT2D eigenvalue weighted by Crippen LogP contribution is -2.66. The van der Waals surface area contributed by atoms with Gasteiger partial charge >= 0.3 is 0 Å². The Morgan fingerprint density at radius 2 is 2.22 bits per heavy atom. The molecule has 1 aromatic carbocycles. The highest BCUT2D eigenvalue weighted by Gasteiger charge is 2.46. The second kappa shape index (κ2) is 3.76. The number of nitrogens with zero attached hydrogens (tertiary/aromatic N) is 1. The van der Waals surface area contributed by atoms with Crippen molar-refractivity contribution in [2.45, 2.75) is 17.9 Å². The number of hydrogen-bond acceptors (Lipinski definition) is 3. The van der Waals surface area contributed by atoms with E-state index in [1.807, 2.05) is 0 Å². The zero-order valence-electron chi connectivity index (χ0n) is 9.77. The van der Waals surface area contributed by atoms with Crippen LogP contribution in [0.1, 0.15) is 17.0 Å². The molecule has 5 heteroatoms. The van der Waals surface area contributed by atoms with Gasteiger partial charge in [0.2, 0.25) is 5.91 Å². The Bertz CT molecular complexity index is 511. The summed E-state index contributed by atoms with van der Waals surface area (Å²) in [5, 5.41) is 18.6. The third-order valence-electron chi connectivity index (χ3n) is 3.78. The third kappa shape index (κ3) is 1.62. The van der Waals surface area contributed by atoms with Crippen LogP contribution in [0.25, 0.3) is 0 Å². The molecule has 1 atom stereocenters. The Hall–Kier alpha value is -1.46. The topological polar surface area (TPSA) is 60.8 Å².